The van der Waals surface area contributed by atoms with Gasteiger partial charge in [0.05, 0.1) is 16.7 Å². The minimum absolute atomic E-state index is 0.111. The number of benzene rings is 2. The van der Waals surface area contributed by atoms with E-state index in [4.69, 9.17) is 4.74 Å². The molecule has 3 rings (SSSR count). The Balaban J connectivity index is 1.67. The largest absolute Gasteiger partial charge is 0.458 e. The second-order valence-corrected chi connectivity index (χ2v) is 5.68. The SMILES string of the molecule is C=CCN1C(=O)c2ccc(C(=O)OC/C=C/c3ccccc3)cc2C1=O. The number of hydrogen-bond donors (Lipinski definition) is 0. The predicted molar refractivity (Wildman–Crippen MR) is 97.8 cm³/mol. The number of amides is 2. The van der Waals surface area contributed by atoms with Gasteiger partial charge >= 0.3 is 5.97 Å². The van der Waals surface area contributed by atoms with Crippen LogP contribution in [0.4, 0.5) is 0 Å². The summed E-state index contributed by atoms with van der Waals surface area (Å²) in [6, 6.07) is 14.0. The molecule has 130 valence electrons. The van der Waals surface area contributed by atoms with Crippen LogP contribution in [0.1, 0.15) is 36.6 Å². The quantitative estimate of drug-likeness (QED) is 0.457. The van der Waals surface area contributed by atoms with Crippen LogP contribution in [0.3, 0.4) is 0 Å². The number of rotatable bonds is 6. The van der Waals surface area contributed by atoms with Crippen molar-refractivity contribution in [2.45, 2.75) is 0 Å². The van der Waals surface area contributed by atoms with Crippen molar-refractivity contribution in [3.05, 3.63) is 89.5 Å². The van der Waals surface area contributed by atoms with Crippen LogP contribution in [-0.2, 0) is 4.74 Å². The monoisotopic (exact) mass is 347 g/mol. The molecule has 26 heavy (non-hydrogen) atoms. The van der Waals surface area contributed by atoms with Crippen molar-refractivity contribution in [1.29, 1.82) is 0 Å². The normalized spacial score (nSPS) is 13.2. The average molecular weight is 347 g/mol. The first-order chi connectivity index (χ1) is 12.6. The summed E-state index contributed by atoms with van der Waals surface area (Å²) >= 11 is 0. The Morgan fingerprint density at radius 3 is 2.50 bits per heavy atom. The number of carbonyl (C=O) groups is 3. The maximum Gasteiger partial charge on any atom is 0.338 e. The third-order valence-corrected chi connectivity index (χ3v) is 3.94. The van der Waals surface area contributed by atoms with E-state index in [1.54, 1.807) is 6.08 Å². The number of hydrogen-bond acceptors (Lipinski definition) is 4. The molecule has 0 aliphatic carbocycles. The lowest BCUT2D eigenvalue weighted by atomic mass is 10.1. The summed E-state index contributed by atoms with van der Waals surface area (Å²) < 4.78 is 5.19. The summed E-state index contributed by atoms with van der Waals surface area (Å²) in [6.45, 7) is 3.79. The fourth-order valence-corrected chi connectivity index (χ4v) is 2.67. The number of ether oxygens (including phenoxy) is 1. The molecule has 2 aromatic carbocycles. The lowest BCUT2D eigenvalue weighted by Crippen LogP contribution is -2.29. The molecule has 0 radical (unpaired) electrons. The average Bonchev–Trinajstić information content (AvgIpc) is 2.91. The van der Waals surface area contributed by atoms with E-state index in [0.29, 0.717) is 0 Å². The lowest BCUT2D eigenvalue weighted by molar-refractivity contribution is 0.0549. The molecular formula is C21H17NO4. The molecule has 5 heteroatoms. The van der Waals surface area contributed by atoms with Gasteiger partial charge in [0, 0.05) is 6.54 Å². The van der Waals surface area contributed by atoms with Crippen molar-refractivity contribution in [3.63, 3.8) is 0 Å². The minimum Gasteiger partial charge on any atom is -0.458 e. The summed E-state index contributed by atoms with van der Waals surface area (Å²) in [5.74, 6) is -1.35. The van der Waals surface area contributed by atoms with E-state index in [2.05, 4.69) is 6.58 Å². The molecule has 2 aromatic rings. The summed E-state index contributed by atoms with van der Waals surface area (Å²) in [7, 11) is 0. The van der Waals surface area contributed by atoms with Crippen LogP contribution in [0.15, 0.2) is 67.3 Å². The van der Waals surface area contributed by atoms with Crippen LogP contribution in [-0.4, -0.2) is 35.8 Å². The molecule has 0 N–H and O–H groups in total. The highest BCUT2D eigenvalue weighted by atomic mass is 16.5. The van der Waals surface area contributed by atoms with Gasteiger partial charge in [-0.25, -0.2) is 4.79 Å². The Morgan fingerprint density at radius 1 is 1.04 bits per heavy atom. The number of imide groups is 1. The smallest absolute Gasteiger partial charge is 0.338 e. The third kappa shape index (κ3) is 3.47. The molecule has 0 aromatic heterocycles. The summed E-state index contributed by atoms with van der Waals surface area (Å²) in [4.78, 5) is 37.7. The second kappa shape index (κ2) is 7.61. The fraction of sp³-hybridized carbons (Fsp3) is 0.0952. The first-order valence-electron chi connectivity index (χ1n) is 8.11. The Hall–Kier alpha value is -3.47. The Labute approximate surface area is 151 Å². The molecule has 1 heterocycles. The van der Waals surface area contributed by atoms with Gasteiger partial charge in [0.2, 0.25) is 0 Å². The Bertz CT molecular complexity index is 899. The van der Waals surface area contributed by atoms with Crippen LogP contribution in [0.5, 0.6) is 0 Å². The van der Waals surface area contributed by atoms with Crippen LogP contribution < -0.4 is 0 Å². The zero-order chi connectivity index (χ0) is 18.5. The maximum atomic E-state index is 12.3. The molecule has 0 spiro atoms. The van der Waals surface area contributed by atoms with Crippen molar-refractivity contribution in [3.8, 4) is 0 Å². The van der Waals surface area contributed by atoms with Crippen LogP contribution in [0.2, 0.25) is 0 Å². The fourth-order valence-electron chi connectivity index (χ4n) is 2.67. The molecule has 1 aliphatic heterocycles. The van der Waals surface area contributed by atoms with Crippen molar-refractivity contribution in [1.82, 2.24) is 4.90 Å². The first kappa shape index (κ1) is 17.4. The number of fused-ring (bicyclic) bond motifs is 1. The molecule has 0 unspecified atom stereocenters. The van der Waals surface area contributed by atoms with Gasteiger partial charge in [-0.3, -0.25) is 14.5 Å². The molecule has 5 nitrogen and oxygen atoms in total. The highest BCUT2D eigenvalue weighted by Crippen LogP contribution is 2.24. The predicted octanol–water partition coefficient (Wildman–Crippen LogP) is 3.34. The molecular weight excluding hydrogens is 330 g/mol. The molecule has 0 fully saturated rings. The zero-order valence-corrected chi connectivity index (χ0v) is 14.1. The highest BCUT2D eigenvalue weighted by molar-refractivity contribution is 6.22. The van der Waals surface area contributed by atoms with Gasteiger partial charge in [-0.1, -0.05) is 42.5 Å². The Morgan fingerprint density at radius 2 is 1.77 bits per heavy atom. The molecule has 0 saturated carbocycles. The summed E-state index contributed by atoms with van der Waals surface area (Å²) in [6.07, 6.45) is 5.07. The second-order valence-electron chi connectivity index (χ2n) is 5.68. The van der Waals surface area contributed by atoms with E-state index in [1.165, 1.54) is 24.3 Å². The highest BCUT2D eigenvalue weighted by Gasteiger charge is 2.35. The van der Waals surface area contributed by atoms with Crippen LogP contribution in [0.25, 0.3) is 6.08 Å². The maximum absolute atomic E-state index is 12.3. The number of carbonyl (C=O) groups excluding carboxylic acids is 3. The number of nitrogens with zero attached hydrogens (tertiary/aromatic N) is 1. The standard InChI is InChI=1S/C21H17NO4/c1-2-12-22-19(23)17-11-10-16(14-18(17)20(22)24)21(25)26-13-6-9-15-7-4-3-5-8-15/h2-11,14H,1,12-13H2/b9-6+. The van der Waals surface area contributed by atoms with E-state index in [-0.39, 0.29) is 35.7 Å². The van der Waals surface area contributed by atoms with Gasteiger partial charge in [0.25, 0.3) is 11.8 Å². The third-order valence-electron chi connectivity index (χ3n) is 3.94. The van der Waals surface area contributed by atoms with Gasteiger partial charge < -0.3 is 4.74 Å². The van der Waals surface area contributed by atoms with E-state index in [9.17, 15) is 14.4 Å². The van der Waals surface area contributed by atoms with Gasteiger partial charge in [-0.05, 0) is 29.8 Å². The van der Waals surface area contributed by atoms with Gasteiger partial charge in [-0.2, -0.15) is 0 Å². The molecule has 0 atom stereocenters. The van der Waals surface area contributed by atoms with Gasteiger partial charge in [0.1, 0.15) is 6.61 Å². The van der Waals surface area contributed by atoms with Crippen LogP contribution >= 0.6 is 0 Å². The molecule has 1 aliphatic rings. The van der Waals surface area contributed by atoms with Crippen molar-refractivity contribution in [2.75, 3.05) is 13.2 Å². The summed E-state index contributed by atoms with van der Waals surface area (Å²) in [5, 5.41) is 0. The van der Waals surface area contributed by atoms with Crippen molar-refractivity contribution < 1.29 is 19.1 Å². The van der Waals surface area contributed by atoms with Gasteiger partial charge in [-0.15, -0.1) is 6.58 Å². The van der Waals surface area contributed by atoms with E-state index in [0.717, 1.165) is 10.5 Å². The topological polar surface area (TPSA) is 63.7 Å². The van der Waals surface area contributed by atoms with Crippen molar-refractivity contribution >= 4 is 23.9 Å². The van der Waals surface area contributed by atoms with E-state index < -0.39 is 11.9 Å². The molecule has 2 amide bonds. The first-order valence-corrected chi connectivity index (χ1v) is 8.11. The van der Waals surface area contributed by atoms with Gasteiger partial charge in [0.15, 0.2) is 0 Å². The molecule has 0 bridgehead atoms. The number of esters is 1. The van der Waals surface area contributed by atoms with Crippen molar-refractivity contribution in [2.24, 2.45) is 0 Å². The summed E-state index contributed by atoms with van der Waals surface area (Å²) in [5.41, 5.74) is 1.74. The molecule has 0 saturated heterocycles. The van der Waals surface area contributed by atoms with E-state index >= 15 is 0 Å². The Kier molecular flexibility index (Phi) is 5.08. The lowest BCUT2D eigenvalue weighted by Gasteiger charge is -2.09. The van der Waals surface area contributed by atoms with Crippen LogP contribution in [0, 0.1) is 0 Å². The van der Waals surface area contributed by atoms with E-state index in [1.807, 2.05) is 36.4 Å². The minimum atomic E-state index is -0.548. The zero-order valence-electron chi connectivity index (χ0n) is 14.1.